The van der Waals surface area contributed by atoms with Crippen molar-refractivity contribution in [2.75, 3.05) is 13.2 Å². The second kappa shape index (κ2) is 5.49. The number of alkyl halides is 3. The first kappa shape index (κ1) is 12.8. The van der Waals surface area contributed by atoms with Gasteiger partial charge in [-0.05, 0) is 6.04 Å². The van der Waals surface area contributed by atoms with Gasteiger partial charge >= 0.3 is 6.18 Å². The zero-order chi connectivity index (χ0) is 10.5. The van der Waals surface area contributed by atoms with Crippen LogP contribution >= 0.6 is 0 Å². The molecule has 0 amide bonds. The highest BCUT2D eigenvalue weighted by Gasteiger charge is 2.38. The molecule has 0 aliphatic heterocycles. The van der Waals surface area contributed by atoms with E-state index in [-0.39, 0.29) is 18.9 Å². The zero-order valence-corrected chi connectivity index (χ0v) is 7.43. The van der Waals surface area contributed by atoms with E-state index in [0.717, 1.165) is 0 Å². The second-order valence-electron chi connectivity index (χ2n) is 2.97. The smallest absolute Gasteiger partial charge is 0.395 e. The summed E-state index contributed by atoms with van der Waals surface area (Å²) in [5.74, 6) is -1.71. The number of nitrogens with one attached hydrogen (secondary N) is 1. The molecule has 2 nitrogen and oxygen atoms in total. The van der Waals surface area contributed by atoms with E-state index in [9.17, 15) is 13.2 Å². The number of halogens is 3. The minimum absolute atomic E-state index is 0.170. The average Bonchev–Trinajstić information content (AvgIpc) is 2.02. The van der Waals surface area contributed by atoms with Crippen LogP contribution in [0, 0.1) is 5.92 Å². The van der Waals surface area contributed by atoms with Crippen LogP contribution in [0.1, 0.15) is 6.92 Å². The Morgan fingerprint density at radius 3 is 2.31 bits per heavy atom. The maximum absolute atomic E-state index is 12.0. The first-order chi connectivity index (χ1) is 5.91. The van der Waals surface area contributed by atoms with Crippen molar-refractivity contribution in [2.24, 2.45) is 5.92 Å². The Labute approximate surface area is 76.9 Å². The van der Waals surface area contributed by atoms with E-state index in [4.69, 9.17) is 13.0 Å². The maximum atomic E-state index is 12.0. The highest BCUT2D eigenvalue weighted by atomic mass is 19.4. The fourth-order valence-corrected chi connectivity index (χ4v) is 0.711. The minimum Gasteiger partial charge on any atom is -0.396 e. The summed E-state index contributed by atoms with van der Waals surface area (Å²) in [7, 11) is 5.20. The van der Waals surface area contributed by atoms with Gasteiger partial charge in [0, 0.05) is 6.54 Å². The lowest BCUT2D eigenvalue weighted by Gasteiger charge is -2.20. The van der Waals surface area contributed by atoms with Crippen molar-refractivity contribution in [3.05, 3.63) is 0 Å². The van der Waals surface area contributed by atoms with Crippen LogP contribution in [0.5, 0.6) is 0 Å². The molecule has 0 saturated carbocycles. The van der Waals surface area contributed by atoms with E-state index in [1.807, 2.05) is 0 Å². The summed E-state index contributed by atoms with van der Waals surface area (Å²) in [5.41, 5.74) is 0. The van der Waals surface area contributed by atoms with Crippen LogP contribution in [0.4, 0.5) is 13.2 Å². The van der Waals surface area contributed by atoms with Crippen molar-refractivity contribution in [3.8, 4) is 0 Å². The molecule has 0 rings (SSSR count). The van der Waals surface area contributed by atoms with E-state index < -0.39 is 18.7 Å². The van der Waals surface area contributed by atoms with Gasteiger partial charge in [-0.15, -0.1) is 0 Å². The van der Waals surface area contributed by atoms with Crippen LogP contribution in [-0.4, -0.2) is 38.3 Å². The first-order valence-electron chi connectivity index (χ1n) is 4.02. The van der Waals surface area contributed by atoms with Gasteiger partial charge < -0.3 is 10.4 Å². The number of hydrogen-bond acceptors (Lipinski definition) is 2. The SMILES string of the molecule is [B]CC(C)NCC(CO)C(F)(F)F. The van der Waals surface area contributed by atoms with Gasteiger partial charge in [-0.25, -0.2) is 0 Å². The Kier molecular flexibility index (Phi) is 5.40. The van der Waals surface area contributed by atoms with Gasteiger partial charge in [-0.1, -0.05) is 13.2 Å². The monoisotopic (exact) mass is 195 g/mol. The van der Waals surface area contributed by atoms with E-state index in [1.54, 1.807) is 6.92 Å². The topological polar surface area (TPSA) is 32.3 Å². The number of aliphatic hydroxyl groups is 1. The van der Waals surface area contributed by atoms with E-state index >= 15 is 0 Å². The summed E-state index contributed by atoms with van der Waals surface area (Å²) >= 11 is 0. The molecule has 0 bridgehead atoms. The molecule has 0 aromatic rings. The fraction of sp³-hybridized carbons (Fsp3) is 1.00. The third kappa shape index (κ3) is 5.15. The van der Waals surface area contributed by atoms with Gasteiger partial charge in [-0.3, -0.25) is 0 Å². The van der Waals surface area contributed by atoms with Crippen molar-refractivity contribution in [1.82, 2.24) is 5.32 Å². The summed E-state index contributed by atoms with van der Waals surface area (Å²) in [4.78, 5) is 0. The molecule has 0 aromatic carbocycles. The van der Waals surface area contributed by atoms with E-state index in [0.29, 0.717) is 0 Å². The van der Waals surface area contributed by atoms with Crippen LogP contribution in [-0.2, 0) is 0 Å². The zero-order valence-electron chi connectivity index (χ0n) is 7.43. The molecule has 0 aliphatic carbocycles. The Hall–Kier alpha value is -0.225. The van der Waals surface area contributed by atoms with Crippen molar-refractivity contribution in [1.29, 1.82) is 0 Å². The standard InChI is InChI=1S/C7H13BF3NO/c1-5(2-8)12-3-6(4-13)7(9,10)11/h5-6,12-13H,2-4H2,1H3. The number of aliphatic hydroxyl groups excluding tert-OH is 1. The lowest BCUT2D eigenvalue weighted by atomic mass is 9.98. The molecule has 0 fully saturated rings. The van der Waals surface area contributed by atoms with Crippen molar-refractivity contribution in [2.45, 2.75) is 25.5 Å². The van der Waals surface area contributed by atoms with Crippen molar-refractivity contribution >= 4 is 7.85 Å². The second-order valence-corrected chi connectivity index (χ2v) is 2.97. The first-order valence-corrected chi connectivity index (χ1v) is 4.02. The summed E-state index contributed by atoms with van der Waals surface area (Å²) in [6, 6.07) is -0.170. The molecule has 0 aliphatic rings. The van der Waals surface area contributed by atoms with E-state index in [2.05, 4.69) is 5.32 Å². The van der Waals surface area contributed by atoms with Crippen LogP contribution in [0.25, 0.3) is 0 Å². The molecule has 6 heteroatoms. The van der Waals surface area contributed by atoms with E-state index in [1.165, 1.54) is 0 Å². The largest absolute Gasteiger partial charge is 0.396 e. The number of rotatable bonds is 5. The molecule has 2 unspecified atom stereocenters. The Balaban J connectivity index is 3.86. The third-order valence-corrected chi connectivity index (χ3v) is 1.75. The Bertz CT molecular complexity index is 142. The highest BCUT2D eigenvalue weighted by Crippen LogP contribution is 2.25. The summed E-state index contributed by atoms with van der Waals surface area (Å²) in [6.45, 7) is 0.497. The lowest BCUT2D eigenvalue weighted by molar-refractivity contribution is -0.182. The maximum Gasteiger partial charge on any atom is 0.395 e. The molecule has 0 heterocycles. The van der Waals surface area contributed by atoms with Gasteiger partial charge in [0.15, 0.2) is 0 Å². The third-order valence-electron chi connectivity index (χ3n) is 1.75. The van der Waals surface area contributed by atoms with Crippen molar-refractivity contribution < 1.29 is 18.3 Å². The van der Waals surface area contributed by atoms with Crippen molar-refractivity contribution in [3.63, 3.8) is 0 Å². The molecule has 2 radical (unpaired) electrons. The van der Waals surface area contributed by atoms with Gasteiger partial charge in [0.05, 0.1) is 20.4 Å². The predicted octanol–water partition coefficient (Wildman–Crippen LogP) is 0.722. The summed E-state index contributed by atoms with van der Waals surface area (Å²) < 4.78 is 36.1. The number of hydrogen-bond donors (Lipinski definition) is 2. The molecular formula is C7H13BF3NO. The predicted molar refractivity (Wildman–Crippen MR) is 44.7 cm³/mol. The van der Waals surface area contributed by atoms with Gasteiger partial charge in [0.25, 0.3) is 0 Å². The molecule has 0 aromatic heterocycles. The van der Waals surface area contributed by atoms with Gasteiger partial charge in [0.1, 0.15) is 0 Å². The van der Waals surface area contributed by atoms with Crippen LogP contribution in [0.3, 0.4) is 0 Å². The average molecular weight is 195 g/mol. The molecule has 2 atom stereocenters. The van der Waals surface area contributed by atoms with Crippen LogP contribution in [0.15, 0.2) is 0 Å². The normalized spacial score (nSPS) is 17.0. The summed E-state index contributed by atoms with van der Waals surface area (Å²) in [6.07, 6.45) is -4.08. The van der Waals surface area contributed by atoms with Gasteiger partial charge in [0.2, 0.25) is 0 Å². The highest BCUT2D eigenvalue weighted by molar-refractivity contribution is 6.08. The fourth-order valence-electron chi connectivity index (χ4n) is 0.711. The molecule has 0 spiro atoms. The molecule has 13 heavy (non-hydrogen) atoms. The summed E-state index contributed by atoms with van der Waals surface area (Å²) in [5, 5.41) is 11.0. The van der Waals surface area contributed by atoms with Crippen LogP contribution < -0.4 is 5.32 Å². The Morgan fingerprint density at radius 2 is 2.00 bits per heavy atom. The Morgan fingerprint density at radius 1 is 1.46 bits per heavy atom. The molecule has 0 saturated heterocycles. The van der Waals surface area contributed by atoms with Crippen LogP contribution in [0.2, 0.25) is 6.32 Å². The van der Waals surface area contributed by atoms with Gasteiger partial charge in [-0.2, -0.15) is 13.2 Å². The quantitative estimate of drug-likeness (QED) is 0.633. The minimum atomic E-state index is -4.35. The molecular weight excluding hydrogens is 182 g/mol. The lowest BCUT2D eigenvalue weighted by Crippen LogP contribution is -2.39. The molecule has 2 N–H and O–H groups in total. The molecule has 76 valence electrons.